The van der Waals surface area contributed by atoms with Crippen LogP contribution in [0.5, 0.6) is 5.75 Å². The van der Waals surface area contributed by atoms with Crippen LogP contribution in [0.2, 0.25) is 0 Å². The summed E-state index contributed by atoms with van der Waals surface area (Å²) in [4.78, 5) is 7.38. The average Bonchev–Trinajstić information content (AvgIpc) is 3.31. The molecule has 1 aromatic heterocycles. The molecule has 5 rings (SSSR count). The summed E-state index contributed by atoms with van der Waals surface area (Å²) in [6.07, 6.45) is 13.5. The molecule has 3 heterocycles. The minimum atomic E-state index is -0.942. The molecule has 1 atom stereocenters. The third kappa shape index (κ3) is 3.39. The van der Waals surface area contributed by atoms with Crippen molar-refractivity contribution in [2.24, 2.45) is 4.99 Å². The predicted octanol–water partition coefficient (Wildman–Crippen LogP) is 8.79. The van der Waals surface area contributed by atoms with E-state index in [9.17, 15) is 0 Å². The maximum absolute atomic E-state index is 6.97. The minimum Gasteiger partial charge on any atom is -0.456 e. The molecule has 1 spiro atoms. The van der Waals surface area contributed by atoms with E-state index in [1.807, 2.05) is 49.5 Å². The van der Waals surface area contributed by atoms with Crippen molar-refractivity contribution in [1.82, 2.24) is 4.90 Å². The summed E-state index contributed by atoms with van der Waals surface area (Å²) < 4.78 is 13.1. The smallest absolute Gasteiger partial charge is 0.246 e. The molecule has 4 nitrogen and oxygen atoms in total. The number of likely N-dealkylation sites (tertiary alicyclic amines) is 1. The number of rotatable bonds is 4. The summed E-state index contributed by atoms with van der Waals surface area (Å²) in [5, 5.41) is 2.01. The summed E-state index contributed by atoms with van der Waals surface area (Å²) in [6, 6.07) is 12.0. The van der Waals surface area contributed by atoms with Gasteiger partial charge >= 0.3 is 0 Å². The Labute approximate surface area is 213 Å². The second-order valence-corrected chi connectivity index (χ2v) is 10.0. The fourth-order valence-corrected chi connectivity index (χ4v) is 5.90. The highest BCUT2D eigenvalue weighted by Crippen LogP contribution is 2.55. The molecule has 2 aliphatic rings. The SMILES string of the molecule is C=C1/C(=C(C)\C=C/CC)C(C)(C)N(/C(C)=C/C=C\C)C12C=Nc1c(ccc3oc4ccccc4c13)O2. The molecule has 0 saturated carbocycles. The third-order valence-electron chi connectivity index (χ3n) is 7.23. The zero-order valence-corrected chi connectivity index (χ0v) is 22.1. The van der Waals surface area contributed by atoms with Crippen molar-refractivity contribution in [3.8, 4) is 5.75 Å². The average molecular weight is 479 g/mol. The Balaban J connectivity index is 1.75. The van der Waals surface area contributed by atoms with E-state index in [2.05, 4.69) is 76.5 Å². The molecule has 3 aromatic rings. The first-order valence-corrected chi connectivity index (χ1v) is 12.6. The van der Waals surface area contributed by atoms with Crippen LogP contribution in [0.1, 0.15) is 48.0 Å². The van der Waals surface area contributed by atoms with Crippen LogP contribution in [-0.2, 0) is 0 Å². The van der Waals surface area contributed by atoms with Gasteiger partial charge < -0.3 is 14.1 Å². The number of hydrogen-bond donors (Lipinski definition) is 0. The monoisotopic (exact) mass is 478 g/mol. The maximum atomic E-state index is 6.97. The van der Waals surface area contributed by atoms with E-state index >= 15 is 0 Å². The van der Waals surface area contributed by atoms with Crippen molar-refractivity contribution in [3.05, 3.63) is 95.8 Å². The zero-order valence-electron chi connectivity index (χ0n) is 22.1. The van der Waals surface area contributed by atoms with Gasteiger partial charge in [0.25, 0.3) is 0 Å². The number of ether oxygens (including phenoxy) is 1. The second-order valence-electron chi connectivity index (χ2n) is 10.0. The summed E-state index contributed by atoms with van der Waals surface area (Å²) in [5.74, 6) is 0.723. The molecule has 36 heavy (non-hydrogen) atoms. The number of aliphatic imine (C=N–C) groups is 1. The number of para-hydroxylation sites is 1. The number of allylic oxidation sites excluding steroid dienone is 7. The lowest BCUT2D eigenvalue weighted by Crippen LogP contribution is -2.56. The number of hydrogen-bond acceptors (Lipinski definition) is 4. The molecule has 1 saturated heterocycles. The highest BCUT2D eigenvalue weighted by molar-refractivity contribution is 6.13. The van der Waals surface area contributed by atoms with Gasteiger partial charge in [-0.15, -0.1) is 0 Å². The molecule has 1 fully saturated rings. The largest absolute Gasteiger partial charge is 0.456 e. The molecule has 4 heteroatoms. The Morgan fingerprint density at radius 2 is 1.89 bits per heavy atom. The quantitative estimate of drug-likeness (QED) is 0.352. The lowest BCUT2D eigenvalue weighted by Gasteiger charge is -2.45. The third-order valence-corrected chi connectivity index (χ3v) is 7.23. The molecule has 0 bridgehead atoms. The van der Waals surface area contributed by atoms with E-state index in [0.29, 0.717) is 0 Å². The Morgan fingerprint density at radius 1 is 1.11 bits per heavy atom. The Hall–Kier alpha value is -3.79. The van der Waals surface area contributed by atoms with E-state index in [0.717, 1.165) is 51.1 Å². The molecular weight excluding hydrogens is 444 g/mol. The van der Waals surface area contributed by atoms with Crippen molar-refractivity contribution in [2.75, 3.05) is 0 Å². The van der Waals surface area contributed by atoms with Gasteiger partial charge in [-0.3, -0.25) is 0 Å². The van der Waals surface area contributed by atoms with Crippen molar-refractivity contribution in [3.63, 3.8) is 0 Å². The van der Waals surface area contributed by atoms with Gasteiger partial charge in [0.15, 0.2) is 0 Å². The van der Waals surface area contributed by atoms with Gasteiger partial charge in [0.1, 0.15) is 22.6 Å². The summed E-state index contributed by atoms with van der Waals surface area (Å²) in [6.45, 7) is 17.5. The fourth-order valence-electron chi connectivity index (χ4n) is 5.90. The first-order chi connectivity index (χ1) is 17.3. The Kier molecular flexibility index (Phi) is 5.78. The van der Waals surface area contributed by atoms with Crippen LogP contribution in [0, 0.1) is 0 Å². The van der Waals surface area contributed by atoms with Gasteiger partial charge in [0.05, 0.1) is 17.1 Å². The molecule has 2 aliphatic heterocycles. The fraction of sp³-hybridized carbons (Fsp3) is 0.281. The highest BCUT2D eigenvalue weighted by atomic mass is 16.5. The number of fused-ring (bicyclic) bond motifs is 5. The van der Waals surface area contributed by atoms with Crippen molar-refractivity contribution >= 4 is 33.8 Å². The maximum Gasteiger partial charge on any atom is 0.246 e. The molecule has 1 unspecified atom stereocenters. The molecule has 0 radical (unpaired) electrons. The van der Waals surface area contributed by atoms with E-state index < -0.39 is 5.72 Å². The Morgan fingerprint density at radius 3 is 2.64 bits per heavy atom. The van der Waals surface area contributed by atoms with E-state index in [1.54, 1.807) is 0 Å². The van der Waals surface area contributed by atoms with Crippen LogP contribution in [-0.4, -0.2) is 22.4 Å². The van der Waals surface area contributed by atoms with Gasteiger partial charge in [-0.25, -0.2) is 4.99 Å². The topological polar surface area (TPSA) is 38.0 Å². The van der Waals surface area contributed by atoms with Crippen LogP contribution in [0.15, 0.2) is 105 Å². The van der Waals surface area contributed by atoms with Crippen molar-refractivity contribution < 1.29 is 9.15 Å². The van der Waals surface area contributed by atoms with Crippen LogP contribution < -0.4 is 4.74 Å². The van der Waals surface area contributed by atoms with Crippen LogP contribution in [0.25, 0.3) is 21.9 Å². The zero-order chi connectivity index (χ0) is 25.7. The molecule has 184 valence electrons. The van der Waals surface area contributed by atoms with Crippen LogP contribution >= 0.6 is 0 Å². The van der Waals surface area contributed by atoms with E-state index in [4.69, 9.17) is 14.1 Å². The first kappa shape index (κ1) is 23.9. The van der Waals surface area contributed by atoms with Gasteiger partial charge in [-0.05, 0) is 76.5 Å². The highest BCUT2D eigenvalue weighted by Gasteiger charge is 2.59. The number of nitrogens with zero attached hydrogens (tertiary/aromatic N) is 2. The van der Waals surface area contributed by atoms with Crippen LogP contribution in [0.4, 0.5) is 5.69 Å². The van der Waals surface area contributed by atoms with Crippen molar-refractivity contribution in [1.29, 1.82) is 0 Å². The molecule has 0 aliphatic carbocycles. The summed E-state index contributed by atoms with van der Waals surface area (Å²) >= 11 is 0. The molecular formula is C32H34N2O2. The molecule has 0 amide bonds. The lowest BCUT2D eigenvalue weighted by atomic mass is 9.87. The summed E-state index contributed by atoms with van der Waals surface area (Å²) in [5.41, 5.74) is 5.47. The van der Waals surface area contributed by atoms with E-state index in [-0.39, 0.29) is 5.54 Å². The predicted molar refractivity (Wildman–Crippen MR) is 151 cm³/mol. The van der Waals surface area contributed by atoms with Crippen LogP contribution in [0.3, 0.4) is 0 Å². The van der Waals surface area contributed by atoms with Gasteiger partial charge in [0.2, 0.25) is 5.72 Å². The van der Waals surface area contributed by atoms with Gasteiger partial charge in [-0.1, -0.05) is 56.0 Å². The van der Waals surface area contributed by atoms with E-state index in [1.165, 1.54) is 11.1 Å². The Bertz CT molecular complexity index is 1530. The number of furan rings is 1. The first-order valence-electron chi connectivity index (χ1n) is 12.6. The number of benzene rings is 2. The normalized spacial score (nSPS) is 23.0. The van der Waals surface area contributed by atoms with Gasteiger partial charge in [0, 0.05) is 16.7 Å². The summed E-state index contributed by atoms with van der Waals surface area (Å²) in [7, 11) is 0. The second kappa shape index (κ2) is 8.70. The molecule has 0 N–H and O–H groups in total. The minimum absolute atomic E-state index is 0.378. The van der Waals surface area contributed by atoms with Gasteiger partial charge in [-0.2, -0.15) is 0 Å². The molecule has 2 aromatic carbocycles. The standard InChI is InChI=1S/C32H34N2O2/c1-8-10-14-21(3)29-23(5)32(34(31(29,6)7)22(4)15-11-9-2)20-33-30-27(36-32)19-18-26-28(30)24-16-12-13-17-25(24)35-26/h9-20H,5,8H2,1-4,6-7H3/b11-9-,14-10-,22-15+,29-21+. The lowest BCUT2D eigenvalue weighted by molar-refractivity contribution is 0.0137. The van der Waals surface area contributed by atoms with Crippen molar-refractivity contribution in [2.45, 2.75) is 59.2 Å².